The van der Waals surface area contributed by atoms with Crippen LogP contribution in [-0.4, -0.2) is 27.0 Å². The summed E-state index contributed by atoms with van der Waals surface area (Å²) < 4.78 is 1.77. The van der Waals surface area contributed by atoms with Crippen molar-refractivity contribution in [3.8, 4) is 0 Å². The molecule has 14 heavy (non-hydrogen) atoms. The topological polar surface area (TPSA) is 50.1 Å². The lowest BCUT2D eigenvalue weighted by molar-refractivity contribution is 0.0555. The van der Waals surface area contributed by atoms with E-state index in [4.69, 9.17) is 0 Å². The highest BCUT2D eigenvalue weighted by Gasteiger charge is 2.16. The molecule has 0 spiro atoms. The quantitative estimate of drug-likeness (QED) is 0.729. The summed E-state index contributed by atoms with van der Waals surface area (Å²) in [6, 6.07) is 0. The van der Waals surface area contributed by atoms with E-state index in [-0.39, 0.29) is 0 Å². The summed E-state index contributed by atoms with van der Waals surface area (Å²) in [4.78, 5) is 0. The Morgan fingerprint density at radius 1 is 1.64 bits per heavy atom. The van der Waals surface area contributed by atoms with Crippen LogP contribution in [0.2, 0.25) is 0 Å². The molecule has 4 heteroatoms. The van der Waals surface area contributed by atoms with E-state index in [1.54, 1.807) is 4.68 Å². The lowest BCUT2D eigenvalue weighted by atomic mass is 10.0. The van der Waals surface area contributed by atoms with Crippen LogP contribution in [0.15, 0.2) is 12.4 Å². The maximum Gasteiger partial charge on any atom is 0.0741 e. The van der Waals surface area contributed by atoms with E-state index in [0.717, 1.165) is 18.5 Å². The summed E-state index contributed by atoms with van der Waals surface area (Å²) in [5.41, 5.74) is 0.529. The minimum atomic E-state index is -0.609. The molecule has 80 valence electrons. The normalized spacial score (nSPS) is 15.4. The highest BCUT2D eigenvalue weighted by molar-refractivity contribution is 5.02. The van der Waals surface area contributed by atoms with Crippen molar-refractivity contribution in [3.63, 3.8) is 0 Å². The lowest BCUT2D eigenvalue weighted by Gasteiger charge is -2.21. The van der Waals surface area contributed by atoms with Crippen LogP contribution in [0.25, 0.3) is 0 Å². The molecule has 0 amide bonds. The fourth-order valence-corrected chi connectivity index (χ4v) is 1.16. The molecule has 0 aliphatic heterocycles. The van der Waals surface area contributed by atoms with E-state index >= 15 is 0 Å². The summed E-state index contributed by atoms with van der Waals surface area (Å²) in [5, 5.41) is 17.0. The standard InChI is InChI=1S/C10H19N3O/c1-4-10(2,14)8-11-5-9-6-12-13(3)7-9/h6-7,11,14H,4-5,8H2,1-3H3. The maximum atomic E-state index is 9.72. The molecule has 1 unspecified atom stereocenters. The fraction of sp³-hybridized carbons (Fsp3) is 0.700. The zero-order chi connectivity index (χ0) is 10.6. The average Bonchev–Trinajstić information content (AvgIpc) is 2.51. The molecule has 4 nitrogen and oxygen atoms in total. The molecule has 1 rings (SSSR count). The van der Waals surface area contributed by atoms with Gasteiger partial charge >= 0.3 is 0 Å². The number of hydrogen-bond acceptors (Lipinski definition) is 3. The van der Waals surface area contributed by atoms with Gasteiger partial charge in [-0.25, -0.2) is 0 Å². The van der Waals surface area contributed by atoms with Crippen molar-refractivity contribution in [2.75, 3.05) is 6.54 Å². The van der Waals surface area contributed by atoms with Crippen LogP contribution < -0.4 is 5.32 Å². The fourth-order valence-electron chi connectivity index (χ4n) is 1.16. The number of aryl methyl sites for hydroxylation is 1. The predicted molar refractivity (Wildman–Crippen MR) is 55.8 cm³/mol. The molecule has 0 bridgehead atoms. The molecule has 1 aromatic rings. The Kier molecular flexibility index (Phi) is 3.66. The second-order valence-corrected chi connectivity index (χ2v) is 3.98. The minimum Gasteiger partial charge on any atom is -0.389 e. The summed E-state index contributed by atoms with van der Waals surface area (Å²) in [5.74, 6) is 0. The lowest BCUT2D eigenvalue weighted by Crippen LogP contribution is -2.36. The second kappa shape index (κ2) is 4.57. The van der Waals surface area contributed by atoms with E-state index in [1.807, 2.05) is 33.3 Å². The van der Waals surface area contributed by atoms with Gasteiger partial charge in [0.25, 0.3) is 0 Å². The summed E-state index contributed by atoms with van der Waals surface area (Å²) in [7, 11) is 1.89. The summed E-state index contributed by atoms with van der Waals surface area (Å²) in [6.07, 6.45) is 4.55. The van der Waals surface area contributed by atoms with E-state index in [1.165, 1.54) is 0 Å². The average molecular weight is 197 g/mol. The van der Waals surface area contributed by atoms with Gasteiger partial charge < -0.3 is 10.4 Å². The van der Waals surface area contributed by atoms with Gasteiger partial charge in [0.1, 0.15) is 0 Å². The van der Waals surface area contributed by atoms with Crippen LogP contribution in [0, 0.1) is 0 Å². The number of nitrogens with one attached hydrogen (secondary N) is 1. The van der Waals surface area contributed by atoms with Crippen molar-refractivity contribution in [2.24, 2.45) is 7.05 Å². The molecule has 0 aliphatic rings. The molecular formula is C10H19N3O. The Morgan fingerprint density at radius 2 is 2.36 bits per heavy atom. The van der Waals surface area contributed by atoms with Gasteiger partial charge in [-0.05, 0) is 13.3 Å². The molecule has 0 radical (unpaired) electrons. The molecule has 0 saturated carbocycles. The van der Waals surface area contributed by atoms with Gasteiger partial charge in [-0.2, -0.15) is 5.10 Å². The van der Waals surface area contributed by atoms with Crippen LogP contribution in [0.3, 0.4) is 0 Å². The Balaban J connectivity index is 2.28. The highest BCUT2D eigenvalue weighted by atomic mass is 16.3. The highest BCUT2D eigenvalue weighted by Crippen LogP contribution is 2.06. The Bertz CT molecular complexity index is 281. The predicted octanol–water partition coefficient (Wildman–Crippen LogP) is 0.671. The summed E-state index contributed by atoms with van der Waals surface area (Å²) in [6.45, 7) is 5.18. The van der Waals surface area contributed by atoms with Gasteiger partial charge in [-0.1, -0.05) is 6.92 Å². The Hall–Kier alpha value is -0.870. The van der Waals surface area contributed by atoms with Crippen LogP contribution >= 0.6 is 0 Å². The molecule has 0 fully saturated rings. The van der Waals surface area contributed by atoms with E-state index in [9.17, 15) is 5.11 Å². The number of rotatable bonds is 5. The van der Waals surface area contributed by atoms with Crippen LogP contribution in [0.5, 0.6) is 0 Å². The molecule has 1 heterocycles. The van der Waals surface area contributed by atoms with E-state index < -0.39 is 5.60 Å². The Morgan fingerprint density at radius 3 is 2.86 bits per heavy atom. The SMILES string of the molecule is CCC(C)(O)CNCc1cnn(C)c1. The number of nitrogens with zero attached hydrogens (tertiary/aromatic N) is 2. The van der Waals surface area contributed by atoms with Crippen LogP contribution in [-0.2, 0) is 13.6 Å². The number of hydrogen-bond donors (Lipinski definition) is 2. The smallest absolute Gasteiger partial charge is 0.0741 e. The van der Waals surface area contributed by atoms with Crippen molar-refractivity contribution in [3.05, 3.63) is 18.0 Å². The number of aromatic nitrogens is 2. The van der Waals surface area contributed by atoms with Crippen molar-refractivity contribution < 1.29 is 5.11 Å². The zero-order valence-electron chi connectivity index (χ0n) is 9.12. The van der Waals surface area contributed by atoms with Gasteiger partial charge in [-0.15, -0.1) is 0 Å². The van der Waals surface area contributed by atoms with Crippen molar-refractivity contribution >= 4 is 0 Å². The van der Waals surface area contributed by atoms with Gasteiger partial charge in [0.2, 0.25) is 0 Å². The molecular weight excluding hydrogens is 178 g/mol. The molecule has 0 aromatic carbocycles. The van der Waals surface area contributed by atoms with Gasteiger partial charge in [0.05, 0.1) is 11.8 Å². The van der Waals surface area contributed by atoms with Gasteiger partial charge in [0, 0.05) is 31.9 Å². The third kappa shape index (κ3) is 3.47. The van der Waals surface area contributed by atoms with Crippen molar-refractivity contribution in [1.82, 2.24) is 15.1 Å². The summed E-state index contributed by atoms with van der Waals surface area (Å²) >= 11 is 0. The molecule has 0 aliphatic carbocycles. The van der Waals surface area contributed by atoms with Crippen molar-refractivity contribution in [2.45, 2.75) is 32.4 Å². The van der Waals surface area contributed by atoms with Gasteiger partial charge in [-0.3, -0.25) is 4.68 Å². The first-order valence-corrected chi connectivity index (χ1v) is 4.94. The monoisotopic (exact) mass is 197 g/mol. The molecule has 1 aromatic heterocycles. The van der Waals surface area contributed by atoms with E-state index in [0.29, 0.717) is 6.54 Å². The van der Waals surface area contributed by atoms with Crippen LogP contribution in [0.4, 0.5) is 0 Å². The Labute approximate surface area is 84.9 Å². The first-order chi connectivity index (χ1) is 6.53. The number of aliphatic hydroxyl groups is 1. The third-order valence-electron chi connectivity index (χ3n) is 2.35. The first kappa shape index (κ1) is 11.2. The van der Waals surface area contributed by atoms with Gasteiger partial charge in [0.15, 0.2) is 0 Å². The minimum absolute atomic E-state index is 0.609. The third-order valence-corrected chi connectivity index (χ3v) is 2.35. The van der Waals surface area contributed by atoms with E-state index in [2.05, 4.69) is 10.4 Å². The second-order valence-electron chi connectivity index (χ2n) is 3.98. The molecule has 2 N–H and O–H groups in total. The largest absolute Gasteiger partial charge is 0.389 e. The molecule has 0 saturated heterocycles. The maximum absolute atomic E-state index is 9.72. The first-order valence-electron chi connectivity index (χ1n) is 4.94. The van der Waals surface area contributed by atoms with Crippen molar-refractivity contribution in [1.29, 1.82) is 0 Å². The zero-order valence-corrected chi connectivity index (χ0v) is 9.12. The van der Waals surface area contributed by atoms with Crippen LogP contribution in [0.1, 0.15) is 25.8 Å². The molecule has 1 atom stereocenters.